The minimum absolute atomic E-state index is 0.0823. The van der Waals surface area contributed by atoms with Crippen molar-refractivity contribution in [1.82, 2.24) is 25.4 Å². The summed E-state index contributed by atoms with van der Waals surface area (Å²) in [5.74, 6) is 0.461. The van der Waals surface area contributed by atoms with E-state index >= 15 is 0 Å². The summed E-state index contributed by atoms with van der Waals surface area (Å²) < 4.78 is 5.98. The highest BCUT2D eigenvalue weighted by Gasteiger charge is 2.22. The van der Waals surface area contributed by atoms with Gasteiger partial charge in [-0.3, -0.25) is 15.1 Å². The normalized spacial score (nSPS) is 14.9. The fourth-order valence-corrected chi connectivity index (χ4v) is 2.86. The highest BCUT2D eigenvalue weighted by Crippen LogP contribution is 2.20. The molecule has 1 aromatic heterocycles. The second kappa shape index (κ2) is 9.18. The molecule has 2 N–H and O–H groups in total. The molecule has 1 atom stereocenters. The van der Waals surface area contributed by atoms with Crippen LogP contribution in [0.1, 0.15) is 22.1 Å². The molecule has 1 aromatic carbocycles. The van der Waals surface area contributed by atoms with Crippen LogP contribution in [0.5, 0.6) is 5.75 Å². The molecule has 1 saturated heterocycles. The second-order valence-corrected chi connectivity index (χ2v) is 6.69. The van der Waals surface area contributed by atoms with Gasteiger partial charge in [-0.05, 0) is 24.3 Å². The number of ether oxygens (including phenoxy) is 1. The van der Waals surface area contributed by atoms with Crippen molar-refractivity contribution in [2.75, 3.05) is 40.3 Å². The summed E-state index contributed by atoms with van der Waals surface area (Å²) >= 11 is 0. The number of amides is 3. The zero-order chi connectivity index (χ0) is 19.9. The monoisotopic (exact) mass is 383 g/mol. The molecule has 28 heavy (non-hydrogen) atoms. The summed E-state index contributed by atoms with van der Waals surface area (Å²) in [7, 11) is 3.41. The molecule has 1 aliphatic rings. The Kier molecular flexibility index (Phi) is 6.44. The predicted molar refractivity (Wildman–Crippen MR) is 105 cm³/mol. The number of aromatic nitrogens is 1. The standard InChI is InChI=1S/C20H25N5O3/c1-24(2)19(26)16-7-5-15(6-8-16)18(28-17-4-3-9-22-14-17)23-20(27)25-12-10-21-11-13-25/h3-9,14,18,21H,10-13H2,1-2H3,(H,23,27). The van der Waals surface area contributed by atoms with Crippen LogP contribution in [0.15, 0.2) is 48.8 Å². The van der Waals surface area contributed by atoms with Crippen LogP contribution in [0, 0.1) is 0 Å². The van der Waals surface area contributed by atoms with Crippen molar-refractivity contribution in [3.05, 3.63) is 59.9 Å². The molecule has 2 heterocycles. The van der Waals surface area contributed by atoms with Gasteiger partial charge in [-0.25, -0.2) is 4.79 Å². The lowest BCUT2D eigenvalue weighted by atomic mass is 10.1. The number of nitrogens with zero attached hydrogens (tertiary/aromatic N) is 3. The average Bonchev–Trinajstić information content (AvgIpc) is 2.74. The number of hydrogen-bond acceptors (Lipinski definition) is 5. The minimum atomic E-state index is -0.699. The van der Waals surface area contributed by atoms with Crippen molar-refractivity contribution < 1.29 is 14.3 Å². The second-order valence-electron chi connectivity index (χ2n) is 6.69. The summed E-state index contributed by atoms with van der Waals surface area (Å²) in [5, 5.41) is 6.16. The van der Waals surface area contributed by atoms with Crippen molar-refractivity contribution >= 4 is 11.9 Å². The molecule has 0 aliphatic carbocycles. The van der Waals surface area contributed by atoms with Gasteiger partial charge in [0, 0.05) is 57.6 Å². The van der Waals surface area contributed by atoms with E-state index in [1.807, 2.05) is 0 Å². The van der Waals surface area contributed by atoms with Crippen LogP contribution in [-0.2, 0) is 0 Å². The van der Waals surface area contributed by atoms with Crippen molar-refractivity contribution in [2.24, 2.45) is 0 Å². The summed E-state index contributed by atoms with van der Waals surface area (Å²) in [6, 6.07) is 10.4. The molecule has 3 amide bonds. The number of urea groups is 1. The van der Waals surface area contributed by atoms with E-state index in [0.29, 0.717) is 24.4 Å². The molecule has 148 valence electrons. The molecule has 1 unspecified atom stereocenters. The van der Waals surface area contributed by atoms with Gasteiger partial charge in [0.05, 0.1) is 6.20 Å². The smallest absolute Gasteiger partial charge is 0.320 e. The Bertz CT molecular complexity index is 789. The lowest BCUT2D eigenvalue weighted by molar-refractivity contribution is 0.0827. The van der Waals surface area contributed by atoms with Crippen LogP contribution in [0.2, 0.25) is 0 Å². The fraction of sp³-hybridized carbons (Fsp3) is 0.350. The Hall–Kier alpha value is -3.13. The van der Waals surface area contributed by atoms with E-state index in [-0.39, 0.29) is 11.9 Å². The summed E-state index contributed by atoms with van der Waals surface area (Å²) in [5.41, 5.74) is 1.31. The topological polar surface area (TPSA) is 86.8 Å². The summed E-state index contributed by atoms with van der Waals surface area (Å²) in [6.07, 6.45) is 2.55. The van der Waals surface area contributed by atoms with Gasteiger partial charge in [0.15, 0.2) is 6.23 Å². The van der Waals surface area contributed by atoms with Crippen LogP contribution in [0.3, 0.4) is 0 Å². The van der Waals surface area contributed by atoms with Crippen molar-refractivity contribution in [1.29, 1.82) is 0 Å². The third-order valence-electron chi connectivity index (χ3n) is 4.41. The number of pyridine rings is 1. The zero-order valence-corrected chi connectivity index (χ0v) is 16.1. The van der Waals surface area contributed by atoms with Crippen LogP contribution in [-0.4, -0.2) is 67.0 Å². The van der Waals surface area contributed by atoms with Crippen molar-refractivity contribution in [3.8, 4) is 5.75 Å². The Balaban J connectivity index is 1.79. The zero-order valence-electron chi connectivity index (χ0n) is 16.1. The average molecular weight is 383 g/mol. The van der Waals surface area contributed by atoms with Crippen LogP contribution < -0.4 is 15.4 Å². The molecular weight excluding hydrogens is 358 g/mol. The quantitative estimate of drug-likeness (QED) is 0.764. The Morgan fingerprint density at radius 1 is 1.18 bits per heavy atom. The molecule has 1 aliphatic heterocycles. The highest BCUT2D eigenvalue weighted by atomic mass is 16.5. The maximum atomic E-state index is 12.7. The number of nitrogens with one attached hydrogen (secondary N) is 2. The van der Waals surface area contributed by atoms with Gasteiger partial charge >= 0.3 is 6.03 Å². The fourth-order valence-electron chi connectivity index (χ4n) is 2.86. The van der Waals surface area contributed by atoms with Gasteiger partial charge in [-0.1, -0.05) is 12.1 Å². The lowest BCUT2D eigenvalue weighted by Gasteiger charge is -2.30. The number of rotatable bonds is 5. The maximum absolute atomic E-state index is 12.7. The third kappa shape index (κ3) is 4.98. The van der Waals surface area contributed by atoms with E-state index in [2.05, 4.69) is 15.6 Å². The molecule has 1 fully saturated rings. The maximum Gasteiger partial charge on any atom is 0.320 e. The highest BCUT2D eigenvalue weighted by molar-refractivity contribution is 5.93. The van der Waals surface area contributed by atoms with Crippen molar-refractivity contribution in [2.45, 2.75) is 6.23 Å². The molecule has 8 heteroatoms. The number of benzene rings is 1. The molecule has 0 spiro atoms. The molecular formula is C20H25N5O3. The molecule has 8 nitrogen and oxygen atoms in total. The van der Waals surface area contributed by atoms with E-state index in [9.17, 15) is 9.59 Å². The molecule has 0 saturated carbocycles. The largest absolute Gasteiger partial charge is 0.465 e. The van der Waals surface area contributed by atoms with Crippen molar-refractivity contribution in [3.63, 3.8) is 0 Å². The molecule has 3 rings (SSSR count). The molecule has 0 radical (unpaired) electrons. The summed E-state index contributed by atoms with van der Waals surface area (Å²) in [6.45, 7) is 2.81. The summed E-state index contributed by atoms with van der Waals surface area (Å²) in [4.78, 5) is 32.1. The van der Waals surface area contributed by atoms with Gasteiger partial charge in [0.1, 0.15) is 5.75 Å². The van der Waals surface area contributed by atoms with Gasteiger partial charge in [0.2, 0.25) is 0 Å². The number of piperazine rings is 1. The molecule has 0 bridgehead atoms. The van der Waals surface area contributed by atoms with Gasteiger partial charge in [-0.15, -0.1) is 0 Å². The Labute approximate surface area is 164 Å². The van der Waals surface area contributed by atoms with Crippen LogP contribution in [0.25, 0.3) is 0 Å². The number of carbonyl (C=O) groups excluding carboxylic acids is 2. The van der Waals surface area contributed by atoms with Gasteiger partial charge in [-0.2, -0.15) is 0 Å². The van der Waals surface area contributed by atoms with E-state index in [1.54, 1.807) is 67.8 Å². The van der Waals surface area contributed by atoms with E-state index in [4.69, 9.17) is 4.74 Å². The van der Waals surface area contributed by atoms with E-state index in [0.717, 1.165) is 18.7 Å². The van der Waals surface area contributed by atoms with Gasteiger partial charge < -0.3 is 19.9 Å². The van der Waals surface area contributed by atoms with Gasteiger partial charge in [0.25, 0.3) is 5.91 Å². The first-order valence-electron chi connectivity index (χ1n) is 9.19. The first-order valence-corrected chi connectivity index (χ1v) is 9.19. The number of carbonyl (C=O) groups is 2. The van der Waals surface area contributed by atoms with Crippen LogP contribution in [0.4, 0.5) is 4.79 Å². The van der Waals surface area contributed by atoms with E-state index in [1.165, 1.54) is 4.90 Å². The minimum Gasteiger partial charge on any atom is -0.465 e. The van der Waals surface area contributed by atoms with E-state index < -0.39 is 6.23 Å². The predicted octanol–water partition coefficient (Wildman–Crippen LogP) is 1.48. The number of hydrogen-bond donors (Lipinski definition) is 2. The Morgan fingerprint density at radius 3 is 2.50 bits per heavy atom. The third-order valence-corrected chi connectivity index (χ3v) is 4.41. The molecule has 2 aromatic rings. The Morgan fingerprint density at radius 2 is 1.89 bits per heavy atom. The first kappa shape index (κ1) is 19.6. The lowest BCUT2D eigenvalue weighted by Crippen LogP contribution is -2.51. The van der Waals surface area contributed by atoms with Crippen LogP contribution >= 0.6 is 0 Å². The first-order chi connectivity index (χ1) is 13.5. The SMILES string of the molecule is CN(C)C(=O)c1ccc(C(NC(=O)N2CCNCC2)Oc2cccnc2)cc1.